The summed E-state index contributed by atoms with van der Waals surface area (Å²) in [5.41, 5.74) is 5.05. The van der Waals surface area contributed by atoms with Crippen LogP contribution in [-0.4, -0.2) is 34.5 Å². The van der Waals surface area contributed by atoms with E-state index in [-0.39, 0.29) is 29.9 Å². The molecular weight excluding hydrogens is 429 g/mol. The van der Waals surface area contributed by atoms with Crippen LogP contribution in [0.25, 0.3) is 0 Å². The standard InChI is InChI=1S/C26H35F3N2O2/c1-5-21(12-11-20(30)13-18-14-23(28)24(29)15-22(18)27)31(16-17(2)3)25(32)26(4,33)19-9-7-6-8-10-19/h6-10,14-15,17,20-21,33H,5,11-13,16,30H2,1-4H3/t20-,21?,26?/m0/s1. The average Bonchev–Trinajstić information content (AvgIpc) is 2.76. The fourth-order valence-electron chi connectivity index (χ4n) is 4.05. The molecule has 1 amide bonds. The number of halogens is 3. The minimum absolute atomic E-state index is 0.0246. The van der Waals surface area contributed by atoms with Crippen molar-refractivity contribution >= 4 is 5.91 Å². The lowest BCUT2D eigenvalue weighted by Gasteiger charge is -2.38. The molecule has 3 atom stereocenters. The molecule has 0 saturated carbocycles. The van der Waals surface area contributed by atoms with Gasteiger partial charge in [0.1, 0.15) is 5.82 Å². The Labute approximate surface area is 194 Å². The Kier molecular flexibility index (Phi) is 9.49. The van der Waals surface area contributed by atoms with Crippen molar-refractivity contribution in [3.05, 3.63) is 71.0 Å². The molecule has 2 aromatic rings. The van der Waals surface area contributed by atoms with Gasteiger partial charge in [-0.2, -0.15) is 0 Å². The second-order valence-corrected chi connectivity index (χ2v) is 9.25. The molecule has 2 aromatic carbocycles. The minimum atomic E-state index is -1.68. The van der Waals surface area contributed by atoms with Crippen molar-refractivity contribution < 1.29 is 23.1 Å². The quantitative estimate of drug-likeness (QED) is 0.464. The van der Waals surface area contributed by atoms with Gasteiger partial charge < -0.3 is 15.7 Å². The fourth-order valence-corrected chi connectivity index (χ4v) is 4.05. The highest BCUT2D eigenvalue weighted by Crippen LogP contribution is 2.27. The Morgan fingerprint density at radius 2 is 1.67 bits per heavy atom. The lowest BCUT2D eigenvalue weighted by Crippen LogP contribution is -2.51. The monoisotopic (exact) mass is 464 g/mol. The third-order valence-electron chi connectivity index (χ3n) is 5.93. The molecule has 0 spiro atoms. The minimum Gasteiger partial charge on any atom is -0.376 e. The van der Waals surface area contributed by atoms with Crippen LogP contribution in [0.4, 0.5) is 13.2 Å². The largest absolute Gasteiger partial charge is 0.376 e. The van der Waals surface area contributed by atoms with Crippen LogP contribution in [0.5, 0.6) is 0 Å². The van der Waals surface area contributed by atoms with Gasteiger partial charge in [-0.1, -0.05) is 51.1 Å². The zero-order valence-corrected chi connectivity index (χ0v) is 19.8. The highest BCUT2D eigenvalue weighted by atomic mass is 19.2. The Morgan fingerprint density at radius 1 is 1.06 bits per heavy atom. The molecule has 4 nitrogen and oxygen atoms in total. The fraction of sp³-hybridized carbons (Fsp3) is 0.500. The van der Waals surface area contributed by atoms with Gasteiger partial charge in [0.2, 0.25) is 0 Å². The highest BCUT2D eigenvalue weighted by molar-refractivity contribution is 5.86. The van der Waals surface area contributed by atoms with Crippen molar-refractivity contribution in [2.45, 2.75) is 71.1 Å². The Hall–Kier alpha value is -2.38. The number of carbonyl (C=O) groups excluding carboxylic acids is 1. The molecule has 2 unspecified atom stereocenters. The van der Waals surface area contributed by atoms with E-state index in [4.69, 9.17) is 5.73 Å². The van der Waals surface area contributed by atoms with Crippen molar-refractivity contribution in [3.63, 3.8) is 0 Å². The van der Waals surface area contributed by atoms with E-state index >= 15 is 0 Å². The number of nitrogens with zero attached hydrogens (tertiary/aromatic N) is 1. The summed E-state index contributed by atoms with van der Waals surface area (Å²) in [5.74, 6) is -3.37. The lowest BCUT2D eigenvalue weighted by atomic mass is 9.91. The first-order valence-electron chi connectivity index (χ1n) is 11.4. The van der Waals surface area contributed by atoms with Crippen LogP contribution in [0.1, 0.15) is 58.1 Å². The van der Waals surface area contributed by atoms with E-state index in [1.165, 1.54) is 6.92 Å². The normalized spacial score (nSPS) is 15.2. The van der Waals surface area contributed by atoms with E-state index in [0.29, 0.717) is 37.4 Å². The summed E-state index contributed by atoms with van der Waals surface area (Å²) < 4.78 is 40.7. The van der Waals surface area contributed by atoms with Gasteiger partial charge in [0, 0.05) is 24.7 Å². The smallest absolute Gasteiger partial charge is 0.259 e. The number of benzene rings is 2. The summed E-state index contributed by atoms with van der Waals surface area (Å²) in [7, 11) is 0. The molecule has 0 aromatic heterocycles. The first kappa shape index (κ1) is 26.9. The summed E-state index contributed by atoms with van der Waals surface area (Å²) in [6.07, 6.45) is 1.69. The zero-order chi connectivity index (χ0) is 24.8. The van der Waals surface area contributed by atoms with Gasteiger partial charge in [0.05, 0.1) is 0 Å². The molecule has 0 fully saturated rings. The van der Waals surface area contributed by atoms with E-state index in [0.717, 1.165) is 6.07 Å². The van der Waals surface area contributed by atoms with Crippen molar-refractivity contribution in [1.82, 2.24) is 4.90 Å². The van der Waals surface area contributed by atoms with Crippen molar-refractivity contribution in [2.24, 2.45) is 11.7 Å². The molecule has 3 N–H and O–H groups in total. The molecule has 0 aliphatic carbocycles. The number of aliphatic hydroxyl groups is 1. The van der Waals surface area contributed by atoms with Crippen LogP contribution in [0.3, 0.4) is 0 Å². The number of hydrogen-bond donors (Lipinski definition) is 2. The van der Waals surface area contributed by atoms with Crippen LogP contribution in [0.2, 0.25) is 0 Å². The van der Waals surface area contributed by atoms with Gasteiger partial charge in [0.15, 0.2) is 17.2 Å². The maximum Gasteiger partial charge on any atom is 0.259 e. The van der Waals surface area contributed by atoms with Gasteiger partial charge in [0.25, 0.3) is 5.91 Å². The second-order valence-electron chi connectivity index (χ2n) is 9.25. The van der Waals surface area contributed by atoms with E-state index in [1.807, 2.05) is 26.8 Å². The SMILES string of the molecule is CCC(CC[C@H](N)Cc1cc(F)c(F)cc1F)N(CC(C)C)C(=O)C(C)(O)c1ccccc1. The Morgan fingerprint density at radius 3 is 2.24 bits per heavy atom. The third kappa shape index (κ3) is 7.05. The number of amides is 1. The van der Waals surface area contributed by atoms with Gasteiger partial charge in [-0.25, -0.2) is 13.2 Å². The van der Waals surface area contributed by atoms with E-state index in [9.17, 15) is 23.1 Å². The molecule has 2 rings (SSSR count). The molecular formula is C26H35F3N2O2. The van der Waals surface area contributed by atoms with Gasteiger partial charge in [-0.15, -0.1) is 0 Å². The summed E-state index contributed by atoms with van der Waals surface area (Å²) >= 11 is 0. The lowest BCUT2D eigenvalue weighted by molar-refractivity contribution is -0.154. The third-order valence-corrected chi connectivity index (χ3v) is 5.93. The zero-order valence-electron chi connectivity index (χ0n) is 19.8. The number of hydrogen-bond acceptors (Lipinski definition) is 3. The highest BCUT2D eigenvalue weighted by Gasteiger charge is 2.38. The molecule has 0 radical (unpaired) electrons. The maximum absolute atomic E-state index is 14.0. The summed E-state index contributed by atoms with van der Waals surface area (Å²) in [6, 6.07) is 9.50. The van der Waals surface area contributed by atoms with Crippen molar-refractivity contribution in [3.8, 4) is 0 Å². The van der Waals surface area contributed by atoms with Crippen LogP contribution in [-0.2, 0) is 16.8 Å². The molecule has 182 valence electrons. The maximum atomic E-state index is 14.0. The molecule has 0 aliphatic rings. The molecule has 0 heterocycles. The second kappa shape index (κ2) is 11.7. The van der Waals surface area contributed by atoms with Crippen molar-refractivity contribution in [2.75, 3.05) is 6.54 Å². The molecule has 0 bridgehead atoms. The predicted molar refractivity (Wildman–Crippen MR) is 124 cm³/mol. The molecule has 7 heteroatoms. The molecule has 33 heavy (non-hydrogen) atoms. The topological polar surface area (TPSA) is 66.6 Å². The molecule has 0 aliphatic heterocycles. The summed E-state index contributed by atoms with van der Waals surface area (Å²) in [6.45, 7) is 7.93. The number of carbonyl (C=O) groups is 1. The Balaban J connectivity index is 2.14. The summed E-state index contributed by atoms with van der Waals surface area (Å²) in [4.78, 5) is 15.2. The molecule has 0 saturated heterocycles. The average molecular weight is 465 g/mol. The van der Waals surface area contributed by atoms with Crippen LogP contribution >= 0.6 is 0 Å². The van der Waals surface area contributed by atoms with Crippen LogP contribution in [0.15, 0.2) is 42.5 Å². The van der Waals surface area contributed by atoms with E-state index < -0.39 is 29.1 Å². The first-order valence-corrected chi connectivity index (χ1v) is 11.4. The van der Waals surface area contributed by atoms with Gasteiger partial charge in [-0.05, 0) is 55.7 Å². The van der Waals surface area contributed by atoms with Crippen LogP contribution in [0, 0.1) is 23.4 Å². The van der Waals surface area contributed by atoms with Gasteiger partial charge >= 0.3 is 0 Å². The number of nitrogens with two attached hydrogens (primary N) is 1. The van der Waals surface area contributed by atoms with Crippen molar-refractivity contribution in [1.29, 1.82) is 0 Å². The van der Waals surface area contributed by atoms with Gasteiger partial charge in [-0.3, -0.25) is 4.79 Å². The number of rotatable bonds is 11. The van der Waals surface area contributed by atoms with E-state index in [2.05, 4.69) is 0 Å². The van der Waals surface area contributed by atoms with E-state index in [1.54, 1.807) is 29.2 Å². The Bertz CT molecular complexity index is 919. The summed E-state index contributed by atoms with van der Waals surface area (Å²) in [5, 5.41) is 11.1. The predicted octanol–water partition coefficient (Wildman–Crippen LogP) is 4.92. The van der Waals surface area contributed by atoms with Crippen LogP contribution < -0.4 is 5.73 Å². The first-order chi connectivity index (χ1) is 15.5.